The van der Waals surface area contributed by atoms with Crippen molar-refractivity contribution in [1.82, 2.24) is 0 Å². The lowest BCUT2D eigenvalue weighted by molar-refractivity contribution is 0.0177. The SMILES string of the molecule is COCCOCCOCCOc1ccc(C=O)cc1F. The molecule has 0 radical (unpaired) electrons. The van der Waals surface area contributed by atoms with Crippen LogP contribution in [0, 0.1) is 5.82 Å². The first-order valence-electron chi connectivity index (χ1n) is 6.30. The molecule has 0 aromatic heterocycles. The Hall–Kier alpha value is -1.50. The maximum atomic E-state index is 13.4. The highest BCUT2D eigenvalue weighted by molar-refractivity contribution is 5.74. The molecule has 0 aliphatic heterocycles. The minimum atomic E-state index is -0.558. The molecule has 0 spiro atoms. The summed E-state index contributed by atoms with van der Waals surface area (Å²) in [7, 11) is 1.61. The summed E-state index contributed by atoms with van der Waals surface area (Å²) in [5.74, 6) is -0.451. The van der Waals surface area contributed by atoms with E-state index in [-0.39, 0.29) is 17.9 Å². The van der Waals surface area contributed by atoms with Crippen molar-refractivity contribution in [3.8, 4) is 5.75 Å². The van der Waals surface area contributed by atoms with Crippen molar-refractivity contribution in [1.29, 1.82) is 0 Å². The van der Waals surface area contributed by atoms with Crippen LogP contribution in [-0.4, -0.2) is 53.0 Å². The highest BCUT2D eigenvalue weighted by Crippen LogP contribution is 2.17. The van der Waals surface area contributed by atoms with Crippen LogP contribution in [0.2, 0.25) is 0 Å². The molecule has 1 aromatic rings. The van der Waals surface area contributed by atoms with Gasteiger partial charge in [0.05, 0.1) is 33.0 Å². The molecule has 6 heteroatoms. The molecule has 0 amide bonds. The van der Waals surface area contributed by atoms with E-state index in [9.17, 15) is 9.18 Å². The van der Waals surface area contributed by atoms with Crippen LogP contribution >= 0.6 is 0 Å². The summed E-state index contributed by atoms with van der Waals surface area (Å²) in [5.41, 5.74) is 0.277. The van der Waals surface area contributed by atoms with E-state index in [1.54, 1.807) is 7.11 Å². The van der Waals surface area contributed by atoms with Crippen LogP contribution in [0.5, 0.6) is 5.75 Å². The molecule has 0 unspecified atom stereocenters. The molecule has 0 bridgehead atoms. The van der Waals surface area contributed by atoms with E-state index in [4.69, 9.17) is 18.9 Å². The van der Waals surface area contributed by atoms with Crippen LogP contribution in [0.25, 0.3) is 0 Å². The number of rotatable bonds is 11. The maximum absolute atomic E-state index is 13.4. The van der Waals surface area contributed by atoms with Crippen LogP contribution in [0.15, 0.2) is 18.2 Å². The van der Waals surface area contributed by atoms with Crippen molar-refractivity contribution in [2.75, 3.05) is 46.8 Å². The standard InChI is InChI=1S/C14H19FO5/c1-17-4-5-18-6-7-19-8-9-20-14-3-2-12(11-16)10-13(14)15/h2-3,10-11H,4-9H2,1H3. The maximum Gasteiger partial charge on any atom is 0.165 e. The van der Waals surface area contributed by atoms with Gasteiger partial charge in [-0.1, -0.05) is 0 Å². The van der Waals surface area contributed by atoms with Crippen molar-refractivity contribution in [3.05, 3.63) is 29.6 Å². The van der Waals surface area contributed by atoms with Gasteiger partial charge in [0.25, 0.3) is 0 Å². The molecule has 0 aliphatic rings. The van der Waals surface area contributed by atoms with Crippen molar-refractivity contribution >= 4 is 6.29 Å². The topological polar surface area (TPSA) is 54.0 Å². The number of benzene rings is 1. The van der Waals surface area contributed by atoms with Crippen LogP contribution in [-0.2, 0) is 14.2 Å². The molecule has 0 aliphatic carbocycles. The predicted molar refractivity (Wildman–Crippen MR) is 70.8 cm³/mol. The summed E-state index contributed by atoms with van der Waals surface area (Å²) in [4.78, 5) is 10.4. The normalized spacial score (nSPS) is 10.5. The van der Waals surface area contributed by atoms with Gasteiger partial charge in [-0.3, -0.25) is 4.79 Å². The molecule has 0 saturated carbocycles. The molecule has 0 atom stereocenters. The van der Waals surface area contributed by atoms with Crippen molar-refractivity contribution in [2.45, 2.75) is 0 Å². The average Bonchev–Trinajstić information content (AvgIpc) is 2.47. The minimum absolute atomic E-state index is 0.107. The van der Waals surface area contributed by atoms with Gasteiger partial charge in [-0.25, -0.2) is 4.39 Å². The molecule has 20 heavy (non-hydrogen) atoms. The number of hydrogen-bond donors (Lipinski definition) is 0. The number of aldehydes is 1. The second kappa shape index (κ2) is 10.3. The van der Waals surface area contributed by atoms with Crippen LogP contribution in [0.1, 0.15) is 10.4 Å². The quantitative estimate of drug-likeness (QED) is 0.458. The first-order valence-corrected chi connectivity index (χ1v) is 6.30. The Kier molecular flexibility index (Phi) is 8.53. The third-order valence-corrected chi connectivity index (χ3v) is 2.38. The largest absolute Gasteiger partial charge is 0.488 e. The minimum Gasteiger partial charge on any atom is -0.488 e. The monoisotopic (exact) mass is 286 g/mol. The van der Waals surface area contributed by atoms with Crippen molar-refractivity contribution < 1.29 is 28.1 Å². The predicted octanol–water partition coefficient (Wildman–Crippen LogP) is 1.70. The summed E-state index contributed by atoms with van der Waals surface area (Å²) < 4.78 is 33.9. The molecular formula is C14H19FO5. The summed E-state index contributed by atoms with van der Waals surface area (Å²) >= 11 is 0. The van der Waals surface area contributed by atoms with E-state index in [2.05, 4.69) is 0 Å². The van der Waals surface area contributed by atoms with E-state index >= 15 is 0 Å². The lowest BCUT2D eigenvalue weighted by Crippen LogP contribution is -2.12. The van der Waals surface area contributed by atoms with Gasteiger partial charge in [-0.2, -0.15) is 0 Å². The molecule has 112 valence electrons. The number of carbonyl (C=O) groups is 1. The Bertz CT molecular complexity index is 397. The van der Waals surface area contributed by atoms with E-state index in [1.807, 2.05) is 0 Å². The summed E-state index contributed by atoms with van der Waals surface area (Å²) in [6.07, 6.45) is 0.583. The molecule has 0 fully saturated rings. The zero-order valence-corrected chi connectivity index (χ0v) is 11.5. The zero-order chi connectivity index (χ0) is 14.6. The van der Waals surface area contributed by atoms with E-state index < -0.39 is 5.82 Å². The third kappa shape index (κ3) is 6.60. The van der Waals surface area contributed by atoms with Gasteiger partial charge < -0.3 is 18.9 Å². The Morgan fingerprint density at radius 1 is 1.05 bits per heavy atom. The number of halogens is 1. The highest BCUT2D eigenvalue weighted by atomic mass is 19.1. The molecule has 0 N–H and O–H groups in total. The number of methoxy groups -OCH3 is 1. The molecule has 1 aromatic carbocycles. The highest BCUT2D eigenvalue weighted by Gasteiger charge is 2.04. The Balaban J connectivity index is 2.08. The summed E-state index contributed by atoms with van der Waals surface area (Å²) in [6.45, 7) is 2.58. The summed E-state index contributed by atoms with van der Waals surface area (Å²) in [6, 6.07) is 4.05. The molecule has 0 heterocycles. The van der Waals surface area contributed by atoms with Gasteiger partial charge in [0.1, 0.15) is 12.9 Å². The van der Waals surface area contributed by atoms with Gasteiger partial charge in [-0.15, -0.1) is 0 Å². The summed E-state index contributed by atoms with van der Waals surface area (Å²) in [5, 5.41) is 0. The van der Waals surface area contributed by atoms with E-state index in [0.717, 1.165) is 6.07 Å². The lowest BCUT2D eigenvalue weighted by Gasteiger charge is -2.08. The van der Waals surface area contributed by atoms with Gasteiger partial charge in [0.15, 0.2) is 11.6 Å². The molecule has 1 rings (SSSR count). The van der Waals surface area contributed by atoms with Crippen molar-refractivity contribution in [2.24, 2.45) is 0 Å². The zero-order valence-electron chi connectivity index (χ0n) is 11.5. The van der Waals surface area contributed by atoms with Gasteiger partial charge in [0.2, 0.25) is 0 Å². The first-order chi connectivity index (χ1) is 9.77. The van der Waals surface area contributed by atoms with Gasteiger partial charge in [0, 0.05) is 12.7 Å². The second-order valence-corrected chi connectivity index (χ2v) is 3.87. The van der Waals surface area contributed by atoms with Gasteiger partial charge in [-0.05, 0) is 18.2 Å². The molecule has 0 saturated heterocycles. The number of hydrogen-bond acceptors (Lipinski definition) is 5. The fraction of sp³-hybridized carbons (Fsp3) is 0.500. The Morgan fingerprint density at radius 3 is 2.30 bits per heavy atom. The fourth-order valence-electron chi connectivity index (χ4n) is 1.38. The third-order valence-electron chi connectivity index (χ3n) is 2.38. The number of carbonyl (C=O) groups excluding carboxylic acids is 1. The van der Waals surface area contributed by atoms with Crippen LogP contribution < -0.4 is 4.74 Å². The number of ether oxygens (including phenoxy) is 4. The smallest absolute Gasteiger partial charge is 0.165 e. The van der Waals surface area contributed by atoms with Gasteiger partial charge >= 0.3 is 0 Å². The Labute approximate surface area is 117 Å². The van der Waals surface area contributed by atoms with Crippen LogP contribution in [0.3, 0.4) is 0 Å². The first kappa shape index (κ1) is 16.6. The molecule has 5 nitrogen and oxygen atoms in total. The van der Waals surface area contributed by atoms with E-state index in [1.165, 1.54) is 12.1 Å². The fourth-order valence-corrected chi connectivity index (χ4v) is 1.38. The lowest BCUT2D eigenvalue weighted by atomic mass is 10.2. The molecular weight excluding hydrogens is 267 g/mol. The van der Waals surface area contributed by atoms with Crippen LogP contribution in [0.4, 0.5) is 4.39 Å². The van der Waals surface area contributed by atoms with E-state index in [0.29, 0.717) is 39.3 Å². The average molecular weight is 286 g/mol. The second-order valence-electron chi connectivity index (χ2n) is 3.87. The van der Waals surface area contributed by atoms with Crippen molar-refractivity contribution in [3.63, 3.8) is 0 Å². The Morgan fingerprint density at radius 2 is 1.70 bits per heavy atom.